The molecule has 5 nitrogen and oxygen atoms in total. The number of carbonyl (C=O) groups is 2. The predicted octanol–water partition coefficient (Wildman–Crippen LogP) is 3.35. The number of benzene rings is 2. The van der Waals surface area contributed by atoms with Gasteiger partial charge in [-0.2, -0.15) is 0 Å². The summed E-state index contributed by atoms with van der Waals surface area (Å²) in [5.74, 6) is -1.77. The van der Waals surface area contributed by atoms with Crippen LogP contribution in [-0.4, -0.2) is 18.0 Å². The highest BCUT2D eigenvalue weighted by Crippen LogP contribution is 2.20. The van der Waals surface area contributed by atoms with Gasteiger partial charge in [0.05, 0.1) is 5.56 Å². The molecule has 2 rings (SSSR count). The second-order valence-corrected chi connectivity index (χ2v) is 5.69. The first kappa shape index (κ1) is 17.0. The SMILES string of the molecule is C[C@@H](OC(=O)c1cc(Br)ccc1N)C(=O)Nc1cccc(F)c1. The average molecular weight is 381 g/mol. The van der Waals surface area contributed by atoms with E-state index < -0.39 is 23.8 Å². The Morgan fingerprint density at radius 2 is 2.00 bits per heavy atom. The molecule has 0 saturated heterocycles. The van der Waals surface area contributed by atoms with Crippen LogP contribution in [0.4, 0.5) is 15.8 Å². The summed E-state index contributed by atoms with van der Waals surface area (Å²) in [4.78, 5) is 24.1. The lowest BCUT2D eigenvalue weighted by Crippen LogP contribution is -2.30. The van der Waals surface area contributed by atoms with E-state index in [0.29, 0.717) is 4.47 Å². The zero-order chi connectivity index (χ0) is 17.0. The number of carbonyl (C=O) groups excluding carboxylic acids is 2. The van der Waals surface area contributed by atoms with E-state index >= 15 is 0 Å². The highest BCUT2D eigenvalue weighted by atomic mass is 79.9. The van der Waals surface area contributed by atoms with E-state index in [4.69, 9.17) is 10.5 Å². The number of anilines is 2. The Balaban J connectivity index is 2.03. The van der Waals surface area contributed by atoms with Crippen LogP contribution in [0.2, 0.25) is 0 Å². The Labute approximate surface area is 140 Å². The van der Waals surface area contributed by atoms with Crippen molar-refractivity contribution >= 4 is 39.2 Å². The molecular weight excluding hydrogens is 367 g/mol. The van der Waals surface area contributed by atoms with E-state index in [1.807, 2.05) is 0 Å². The molecule has 0 aromatic heterocycles. The van der Waals surface area contributed by atoms with Crippen molar-refractivity contribution in [2.75, 3.05) is 11.1 Å². The third kappa shape index (κ3) is 4.53. The van der Waals surface area contributed by atoms with Crippen LogP contribution in [0.5, 0.6) is 0 Å². The lowest BCUT2D eigenvalue weighted by molar-refractivity contribution is -0.123. The molecule has 1 atom stereocenters. The number of amides is 1. The van der Waals surface area contributed by atoms with Crippen molar-refractivity contribution in [2.24, 2.45) is 0 Å². The smallest absolute Gasteiger partial charge is 0.341 e. The van der Waals surface area contributed by atoms with Gasteiger partial charge in [-0.15, -0.1) is 0 Å². The molecule has 0 unspecified atom stereocenters. The third-order valence-electron chi connectivity index (χ3n) is 2.98. The molecule has 0 radical (unpaired) electrons. The van der Waals surface area contributed by atoms with Gasteiger partial charge in [-0.1, -0.05) is 22.0 Å². The van der Waals surface area contributed by atoms with Crippen molar-refractivity contribution < 1.29 is 18.7 Å². The third-order valence-corrected chi connectivity index (χ3v) is 3.47. The number of hydrogen-bond acceptors (Lipinski definition) is 4. The summed E-state index contributed by atoms with van der Waals surface area (Å²) in [6, 6.07) is 10.2. The number of halogens is 2. The molecule has 7 heteroatoms. The largest absolute Gasteiger partial charge is 0.449 e. The maximum atomic E-state index is 13.1. The lowest BCUT2D eigenvalue weighted by Gasteiger charge is -2.14. The van der Waals surface area contributed by atoms with Gasteiger partial charge in [0.15, 0.2) is 6.10 Å². The van der Waals surface area contributed by atoms with Crippen LogP contribution in [0.1, 0.15) is 17.3 Å². The summed E-state index contributed by atoms with van der Waals surface area (Å²) in [5.41, 5.74) is 6.40. The van der Waals surface area contributed by atoms with Crippen LogP contribution >= 0.6 is 15.9 Å². The quantitative estimate of drug-likeness (QED) is 0.629. The van der Waals surface area contributed by atoms with Crippen molar-refractivity contribution in [1.82, 2.24) is 0 Å². The molecule has 0 spiro atoms. The molecule has 0 heterocycles. The van der Waals surface area contributed by atoms with Crippen LogP contribution < -0.4 is 11.1 Å². The fourth-order valence-corrected chi connectivity index (χ4v) is 2.15. The molecule has 3 N–H and O–H groups in total. The number of nitrogen functional groups attached to an aromatic ring is 1. The van der Waals surface area contributed by atoms with Gasteiger partial charge >= 0.3 is 5.97 Å². The first-order valence-corrected chi connectivity index (χ1v) is 7.48. The van der Waals surface area contributed by atoms with Gasteiger partial charge in [0.2, 0.25) is 0 Å². The van der Waals surface area contributed by atoms with Crippen LogP contribution in [0, 0.1) is 5.82 Å². The molecule has 0 aliphatic carbocycles. The highest BCUT2D eigenvalue weighted by molar-refractivity contribution is 9.10. The minimum Gasteiger partial charge on any atom is -0.449 e. The molecule has 0 bridgehead atoms. The zero-order valence-corrected chi connectivity index (χ0v) is 13.8. The molecule has 0 fully saturated rings. The van der Waals surface area contributed by atoms with E-state index in [2.05, 4.69) is 21.2 Å². The summed E-state index contributed by atoms with van der Waals surface area (Å²) in [7, 11) is 0. The van der Waals surface area contributed by atoms with Crippen LogP contribution in [0.15, 0.2) is 46.9 Å². The summed E-state index contributed by atoms with van der Waals surface area (Å²) in [6.45, 7) is 1.42. The summed E-state index contributed by atoms with van der Waals surface area (Å²) in [6.07, 6.45) is -1.07. The molecule has 2 aromatic rings. The topological polar surface area (TPSA) is 81.4 Å². The Morgan fingerprint density at radius 1 is 1.26 bits per heavy atom. The second-order valence-electron chi connectivity index (χ2n) is 4.78. The Kier molecular flexibility index (Phi) is 5.33. The molecule has 23 heavy (non-hydrogen) atoms. The molecule has 0 aliphatic rings. The molecule has 0 saturated carbocycles. The average Bonchev–Trinajstić information content (AvgIpc) is 2.49. The lowest BCUT2D eigenvalue weighted by atomic mass is 10.2. The van der Waals surface area contributed by atoms with Gasteiger partial charge in [0.1, 0.15) is 5.82 Å². The van der Waals surface area contributed by atoms with E-state index in [1.165, 1.54) is 37.3 Å². The van der Waals surface area contributed by atoms with Gasteiger partial charge < -0.3 is 15.8 Å². The van der Waals surface area contributed by atoms with Crippen molar-refractivity contribution in [2.45, 2.75) is 13.0 Å². The van der Waals surface area contributed by atoms with Gasteiger partial charge in [-0.25, -0.2) is 9.18 Å². The minimum atomic E-state index is -1.07. The number of rotatable bonds is 4. The van der Waals surface area contributed by atoms with Crippen molar-refractivity contribution in [3.63, 3.8) is 0 Å². The number of ether oxygens (including phenoxy) is 1. The van der Waals surface area contributed by atoms with Crippen LogP contribution in [0.3, 0.4) is 0 Å². The van der Waals surface area contributed by atoms with Gasteiger partial charge in [-0.05, 0) is 43.3 Å². The standard InChI is InChI=1S/C16H14BrFN2O3/c1-9(15(21)20-12-4-2-3-11(18)8-12)23-16(22)13-7-10(17)5-6-14(13)19/h2-9H,19H2,1H3,(H,20,21)/t9-/m1/s1. The maximum Gasteiger partial charge on any atom is 0.341 e. The second kappa shape index (κ2) is 7.23. The first-order chi connectivity index (χ1) is 10.9. The maximum absolute atomic E-state index is 13.1. The monoisotopic (exact) mass is 380 g/mol. The highest BCUT2D eigenvalue weighted by Gasteiger charge is 2.20. The van der Waals surface area contributed by atoms with E-state index in [1.54, 1.807) is 12.1 Å². The Hall–Kier alpha value is -2.41. The normalized spacial score (nSPS) is 11.6. The molecule has 1 amide bonds. The first-order valence-electron chi connectivity index (χ1n) is 6.69. The number of nitrogens with two attached hydrogens (primary N) is 1. The van der Waals surface area contributed by atoms with Crippen LogP contribution in [0.25, 0.3) is 0 Å². The molecule has 2 aromatic carbocycles. The van der Waals surface area contributed by atoms with Crippen molar-refractivity contribution in [3.8, 4) is 0 Å². The molecular formula is C16H14BrFN2O3. The zero-order valence-electron chi connectivity index (χ0n) is 12.2. The number of nitrogens with one attached hydrogen (secondary N) is 1. The van der Waals surface area contributed by atoms with Crippen molar-refractivity contribution in [3.05, 3.63) is 58.3 Å². The Bertz CT molecular complexity index is 752. The minimum absolute atomic E-state index is 0.157. The molecule has 0 aliphatic heterocycles. The summed E-state index contributed by atoms with van der Waals surface area (Å²) >= 11 is 3.23. The van der Waals surface area contributed by atoms with Gasteiger partial charge in [0, 0.05) is 15.8 Å². The Morgan fingerprint density at radius 3 is 2.70 bits per heavy atom. The predicted molar refractivity (Wildman–Crippen MR) is 88.5 cm³/mol. The van der Waals surface area contributed by atoms with Gasteiger partial charge in [-0.3, -0.25) is 4.79 Å². The fraction of sp³-hybridized carbons (Fsp3) is 0.125. The summed E-state index contributed by atoms with van der Waals surface area (Å²) < 4.78 is 18.8. The number of hydrogen-bond donors (Lipinski definition) is 2. The summed E-state index contributed by atoms with van der Waals surface area (Å²) in [5, 5.41) is 2.47. The van der Waals surface area contributed by atoms with E-state index in [-0.39, 0.29) is 16.9 Å². The van der Waals surface area contributed by atoms with E-state index in [0.717, 1.165) is 0 Å². The number of esters is 1. The van der Waals surface area contributed by atoms with E-state index in [9.17, 15) is 14.0 Å². The fourth-order valence-electron chi connectivity index (χ4n) is 1.79. The molecule has 120 valence electrons. The van der Waals surface area contributed by atoms with Crippen LogP contribution in [-0.2, 0) is 9.53 Å². The van der Waals surface area contributed by atoms with Gasteiger partial charge in [0.25, 0.3) is 5.91 Å². The van der Waals surface area contributed by atoms with Crippen molar-refractivity contribution in [1.29, 1.82) is 0 Å².